The molecule has 0 unspecified atom stereocenters. The van der Waals surface area contributed by atoms with Gasteiger partial charge >= 0.3 is 0 Å². The number of aromatic hydroxyl groups is 1. The van der Waals surface area contributed by atoms with Crippen LogP contribution in [0.25, 0.3) is 12.2 Å². The minimum absolute atomic E-state index is 0.284. The molecule has 1 aromatic carbocycles. The number of aromatic nitrogens is 1. The summed E-state index contributed by atoms with van der Waals surface area (Å²) in [4.78, 5) is 4.35. The van der Waals surface area contributed by atoms with E-state index in [1.54, 1.807) is 12.1 Å². The van der Waals surface area contributed by atoms with Crippen molar-refractivity contribution in [3.05, 3.63) is 59.4 Å². The number of para-hydroxylation sites is 1. The Hall–Kier alpha value is -2.09. The summed E-state index contributed by atoms with van der Waals surface area (Å²) in [6, 6.07) is 13.1. The number of nitrogens with zero attached hydrogens (tertiary/aromatic N) is 1. The van der Waals surface area contributed by atoms with Crippen LogP contribution in [0, 0.1) is 6.92 Å². The second-order valence-corrected chi connectivity index (χ2v) is 3.60. The zero-order chi connectivity index (χ0) is 11.4. The molecule has 2 heteroatoms. The number of aryl methyl sites for hydroxylation is 1. The summed E-state index contributed by atoms with van der Waals surface area (Å²) in [5.74, 6) is 0.284. The van der Waals surface area contributed by atoms with Gasteiger partial charge in [-0.25, -0.2) is 0 Å². The number of rotatable bonds is 2. The molecule has 2 nitrogen and oxygen atoms in total. The van der Waals surface area contributed by atoms with Gasteiger partial charge in [-0.1, -0.05) is 24.3 Å². The third-order valence-corrected chi connectivity index (χ3v) is 2.28. The Morgan fingerprint density at radius 3 is 2.56 bits per heavy atom. The van der Waals surface area contributed by atoms with Gasteiger partial charge in [0.15, 0.2) is 0 Å². The topological polar surface area (TPSA) is 33.1 Å². The average Bonchev–Trinajstić information content (AvgIpc) is 2.28. The summed E-state index contributed by atoms with van der Waals surface area (Å²) < 4.78 is 0. The van der Waals surface area contributed by atoms with Gasteiger partial charge in [-0.2, -0.15) is 0 Å². The summed E-state index contributed by atoms with van der Waals surface area (Å²) >= 11 is 0. The molecule has 0 spiro atoms. The van der Waals surface area contributed by atoms with Crippen molar-refractivity contribution in [1.29, 1.82) is 0 Å². The summed E-state index contributed by atoms with van der Waals surface area (Å²) in [6.45, 7) is 1.96. The number of hydrogen-bond acceptors (Lipinski definition) is 2. The highest BCUT2D eigenvalue weighted by Gasteiger charge is 1.94. The SMILES string of the molecule is Cc1cccc(C=Cc2ccccc2O)n1. The molecule has 0 fully saturated rings. The lowest BCUT2D eigenvalue weighted by Crippen LogP contribution is -1.83. The highest BCUT2D eigenvalue weighted by molar-refractivity contribution is 5.70. The smallest absolute Gasteiger partial charge is 0.122 e. The Labute approximate surface area is 94.9 Å². The van der Waals surface area contributed by atoms with Gasteiger partial charge in [0.05, 0.1) is 5.69 Å². The normalized spacial score (nSPS) is 10.8. The van der Waals surface area contributed by atoms with E-state index in [9.17, 15) is 5.11 Å². The van der Waals surface area contributed by atoms with Crippen molar-refractivity contribution in [3.8, 4) is 5.75 Å². The molecule has 0 aliphatic rings. The molecule has 0 radical (unpaired) electrons. The first-order valence-electron chi connectivity index (χ1n) is 5.15. The highest BCUT2D eigenvalue weighted by atomic mass is 16.3. The van der Waals surface area contributed by atoms with Crippen LogP contribution in [0.1, 0.15) is 17.0 Å². The predicted molar refractivity (Wildman–Crippen MR) is 66.0 cm³/mol. The molecular weight excluding hydrogens is 198 g/mol. The first-order chi connectivity index (χ1) is 7.75. The van der Waals surface area contributed by atoms with Crippen LogP contribution in [0.3, 0.4) is 0 Å². The van der Waals surface area contributed by atoms with Crippen LogP contribution >= 0.6 is 0 Å². The highest BCUT2D eigenvalue weighted by Crippen LogP contribution is 2.18. The molecule has 0 aliphatic heterocycles. The van der Waals surface area contributed by atoms with Crippen molar-refractivity contribution in [1.82, 2.24) is 4.98 Å². The maximum Gasteiger partial charge on any atom is 0.122 e. The minimum atomic E-state index is 0.284. The van der Waals surface area contributed by atoms with Crippen molar-refractivity contribution in [2.24, 2.45) is 0 Å². The fraction of sp³-hybridized carbons (Fsp3) is 0.0714. The lowest BCUT2D eigenvalue weighted by atomic mass is 10.1. The molecule has 0 bridgehead atoms. The number of phenols is 1. The van der Waals surface area contributed by atoms with Gasteiger partial charge < -0.3 is 5.11 Å². The number of pyridine rings is 1. The lowest BCUT2D eigenvalue weighted by Gasteiger charge is -1.98. The van der Waals surface area contributed by atoms with Crippen LogP contribution in [0.4, 0.5) is 0 Å². The van der Waals surface area contributed by atoms with Gasteiger partial charge in [-0.3, -0.25) is 4.98 Å². The van der Waals surface area contributed by atoms with Gasteiger partial charge in [0.1, 0.15) is 5.75 Å². The van der Waals surface area contributed by atoms with Gasteiger partial charge in [0, 0.05) is 11.3 Å². The maximum atomic E-state index is 9.57. The first-order valence-corrected chi connectivity index (χ1v) is 5.15. The summed E-state index contributed by atoms with van der Waals surface area (Å²) in [6.07, 6.45) is 3.75. The van der Waals surface area contributed by atoms with Crippen LogP contribution in [0.2, 0.25) is 0 Å². The summed E-state index contributed by atoms with van der Waals surface area (Å²) in [7, 11) is 0. The zero-order valence-electron chi connectivity index (χ0n) is 9.09. The number of hydrogen-bond donors (Lipinski definition) is 1. The molecule has 1 heterocycles. The third kappa shape index (κ3) is 2.48. The molecule has 2 rings (SSSR count). The van der Waals surface area contributed by atoms with E-state index in [1.807, 2.05) is 49.4 Å². The first kappa shape index (κ1) is 10.4. The van der Waals surface area contributed by atoms with Gasteiger partial charge in [-0.15, -0.1) is 0 Å². The van der Waals surface area contributed by atoms with Crippen LogP contribution < -0.4 is 0 Å². The molecule has 0 saturated carbocycles. The standard InChI is InChI=1S/C14H13NO/c1-11-5-4-7-13(15-11)10-9-12-6-2-3-8-14(12)16/h2-10,16H,1H3. The molecule has 0 amide bonds. The molecule has 1 aromatic heterocycles. The fourth-order valence-corrected chi connectivity index (χ4v) is 1.46. The Morgan fingerprint density at radius 1 is 1.00 bits per heavy atom. The van der Waals surface area contributed by atoms with E-state index in [1.165, 1.54) is 0 Å². The van der Waals surface area contributed by atoms with Gasteiger partial charge in [0.25, 0.3) is 0 Å². The number of benzene rings is 1. The van der Waals surface area contributed by atoms with E-state index in [-0.39, 0.29) is 5.75 Å². The molecule has 2 aromatic rings. The van der Waals surface area contributed by atoms with Crippen molar-refractivity contribution in [2.45, 2.75) is 6.92 Å². The second-order valence-electron chi connectivity index (χ2n) is 3.60. The Balaban J connectivity index is 2.25. The molecular formula is C14H13NO. The Morgan fingerprint density at radius 2 is 1.81 bits per heavy atom. The van der Waals surface area contributed by atoms with Crippen LogP contribution in [0.15, 0.2) is 42.5 Å². The van der Waals surface area contributed by atoms with E-state index in [4.69, 9.17) is 0 Å². The van der Waals surface area contributed by atoms with E-state index in [0.717, 1.165) is 17.0 Å². The van der Waals surface area contributed by atoms with E-state index < -0.39 is 0 Å². The average molecular weight is 211 g/mol. The Bertz CT molecular complexity index is 518. The van der Waals surface area contributed by atoms with Crippen molar-refractivity contribution < 1.29 is 5.11 Å². The molecule has 0 saturated heterocycles. The Kier molecular flexibility index (Phi) is 3.01. The quantitative estimate of drug-likeness (QED) is 0.827. The largest absolute Gasteiger partial charge is 0.507 e. The second kappa shape index (κ2) is 4.62. The zero-order valence-corrected chi connectivity index (χ0v) is 9.09. The maximum absolute atomic E-state index is 9.57. The third-order valence-electron chi connectivity index (χ3n) is 2.28. The monoisotopic (exact) mass is 211 g/mol. The van der Waals surface area contributed by atoms with Gasteiger partial charge in [0.2, 0.25) is 0 Å². The predicted octanol–water partition coefficient (Wildman–Crippen LogP) is 3.27. The molecule has 0 atom stereocenters. The van der Waals surface area contributed by atoms with Crippen LogP contribution in [0.5, 0.6) is 5.75 Å². The summed E-state index contributed by atoms with van der Waals surface area (Å²) in [5.41, 5.74) is 2.67. The van der Waals surface area contributed by atoms with Crippen molar-refractivity contribution >= 4 is 12.2 Å². The molecule has 1 N–H and O–H groups in total. The van der Waals surface area contributed by atoms with E-state index >= 15 is 0 Å². The lowest BCUT2D eigenvalue weighted by molar-refractivity contribution is 0.474. The fourth-order valence-electron chi connectivity index (χ4n) is 1.46. The van der Waals surface area contributed by atoms with E-state index in [2.05, 4.69) is 4.98 Å². The van der Waals surface area contributed by atoms with E-state index in [0.29, 0.717) is 0 Å². The minimum Gasteiger partial charge on any atom is -0.507 e. The molecule has 16 heavy (non-hydrogen) atoms. The summed E-state index contributed by atoms with van der Waals surface area (Å²) in [5, 5.41) is 9.57. The number of phenolic OH excluding ortho intramolecular Hbond substituents is 1. The van der Waals surface area contributed by atoms with Crippen LogP contribution in [-0.4, -0.2) is 10.1 Å². The molecule has 80 valence electrons. The van der Waals surface area contributed by atoms with Gasteiger partial charge in [-0.05, 0) is 37.3 Å². The van der Waals surface area contributed by atoms with Crippen molar-refractivity contribution in [2.75, 3.05) is 0 Å². The van der Waals surface area contributed by atoms with Crippen molar-refractivity contribution in [3.63, 3.8) is 0 Å². The molecule has 0 aliphatic carbocycles. The van der Waals surface area contributed by atoms with Crippen LogP contribution in [-0.2, 0) is 0 Å².